The molecule has 0 saturated carbocycles. The molecule has 8 atom stereocenters. The third kappa shape index (κ3) is 35.2. The van der Waals surface area contributed by atoms with Crippen LogP contribution in [0, 0.1) is 0 Å². The van der Waals surface area contributed by atoms with Gasteiger partial charge in [-0.15, -0.1) is 0 Å². The van der Waals surface area contributed by atoms with Crippen molar-refractivity contribution in [2.75, 3.05) is 13.2 Å². The minimum Gasteiger partial charge on any atom is -0.454 e. The number of aliphatic hydroxyl groups is 5. The second-order valence-electron chi connectivity index (χ2n) is 19.3. The molecule has 0 radical (unpaired) electrons. The fourth-order valence-corrected chi connectivity index (χ4v) is 8.37. The van der Waals surface area contributed by atoms with Gasteiger partial charge in [0.2, 0.25) is 5.91 Å². The van der Waals surface area contributed by atoms with Crippen LogP contribution in [0.4, 0.5) is 0 Å². The molecule has 8 unspecified atom stereocenters. The van der Waals surface area contributed by atoms with E-state index in [9.17, 15) is 35.1 Å². The number of amides is 1. The maximum absolute atomic E-state index is 13.3. The van der Waals surface area contributed by atoms with Gasteiger partial charge in [-0.05, 0) is 70.6 Å². The standard InChI is InChI=1S/C58H103NO10/c1-4-7-10-13-16-19-22-24-25-26-27-28-31-34-37-40-43-46-53(63)69-56-55(65)54(64)52(47-60)68-58(56)67-48-49(50(61)44-41-38-35-32-29-21-18-15-12-9-6-3)59-57(66)51(62)45-42-39-36-33-30-23-20-17-14-11-8-5-2/h16,19,24-25,30,33,39,41-42,44,49-52,54-56,58,60-62,64-65H,4-15,17-18,20-23,26-29,31-32,34-38,40,43,45-48H2,1-3H3,(H,59,66)/b19-16-,25-24-,33-30-,42-39+,44-41+. The van der Waals surface area contributed by atoms with E-state index >= 15 is 0 Å². The second kappa shape index (κ2) is 46.4. The van der Waals surface area contributed by atoms with Crippen LogP contribution in [0.15, 0.2) is 60.8 Å². The normalized spacial score (nSPS) is 20.3. The number of ether oxygens (including phenoxy) is 3. The molecular weight excluding hydrogens is 871 g/mol. The molecule has 1 amide bonds. The van der Waals surface area contributed by atoms with E-state index in [2.05, 4.69) is 62.5 Å². The molecule has 6 N–H and O–H groups in total. The zero-order valence-electron chi connectivity index (χ0n) is 43.9. The van der Waals surface area contributed by atoms with Crippen LogP contribution in [0.25, 0.3) is 0 Å². The molecule has 1 aliphatic rings. The zero-order chi connectivity index (χ0) is 50.4. The van der Waals surface area contributed by atoms with Crippen molar-refractivity contribution in [2.24, 2.45) is 0 Å². The van der Waals surface area contributed by atoms with Crippen LogP contribution < -0.4 is 5.32 Å². The summed E-state index contributed by atoms with van der Waals surface area (Å²) in [5.74, 6) is -1.28. The van der Waals surface area contributed by atoms with E-state index in [0.29, 0.717) is 12.8 Å². The molecule has 0 aliphatic carbocycles. The summed E-state index contributed by atoms with van der Waals surface area (Å²) in [6.07, 6.45) is 45.7. The van der Waals surface area contributed by atoms with E-state index in [0.717, 1.165) is 70.6 Å². The summed E-state index contributed by atoms with van der Waals surface area (Å²) in [7, 11) is 0. The summed E-state index contributed by atoms with van der Waals surface area (Å²) in [5, 5.41) is 56.6. The third-order valence-corrected chi connectivity index (χ3v) is 12.9. The second-order valence-corrected chi connectivity index (χ2v) is 19.3. The lowest BCUT2D eigenvalue weighted by Gasteiger charge is -2.41. The average molecular weight is 974 g/mol. The summed E-state index contributed by atoms with van der Waals surface area (Å²) < 4.78 is 17.5. The summed E-state index contributed by atoms with van der Waals surface area (Å²) in [6, 6.07) is -1.05. The van der Waals surface area contributed by atoms with Crippen molar-refractivity contribution >= 4 is 11.9 Å². The van der Waals surface area contributed by atoms with Gasteiger partial charge in [0.15, 0.2) is 12.4 Å². The van der Waals surface area contributed by atoms with E-state index in [1.165, 1.54) is 116 Å². The average Bonchev–Trinajstić information content (AvgIpc) is 3.34. The van der Waals surface area contributed by atoms with E-state index in [-0.39, 0.29) is 19.4 Å². The maximum atomic E-state index is 13.3. The van der Waals surface area contributed by atoms with Crippen molar-refractivity contribution in [2.45, 2.75) is 282 Å². The Bertz CT molecular complexity index is 1350. The fraction of sp³-hybridized carbons (Fsp3) is 0.793. The highest BCUT2D eigenvalue weighted by molar-refractivity contribution is 5.81. The highest BCUT2D eigenvalue weighted by Crippen LogP contribution is 2.26. The topological polar surface area (TPSA) is 175 Å². The van der Waals surface area contributed by atoms with Crippen LogP contribution in [0.3, 0.4) is 0 Å². The van der Waals surface area contributed by atoms with Crippen molar-refractivity contribution in [3.63, 3.8) is 0 Å². The summed E-state index contributed by atoms with van der Waals surface area (Å²) >= 11 is 0. The van der Waals surface area contributed by atoms with Crippen LogP contribution in [-0.4, -0.2) is 99.6 Å². The largest absolute Gasteiger partial charge is 0.454 e. The number of hydrogen-bond donors (Lipinski definition) is 6. The van der Waals surface area contributed by atoms with Gasteiger partial charge in [0.05, 0.1) is 25.4 Å². The Morgan fingerprint density at radius 2 is 1.00 bits per heavy atom. The monoisotopic (exact) mass is 974 g/mol. The molecule has 69 heavy (non-hydrogen) atoms. The first-order valence-corrected chi connectivity index (χ1v) is 28.1. The molecule has 0 aromatic heterocycles. The Morgan fingerprint density at radius 3 is 1.51 bits per heavy atom. The summed E-state index contributed by atoms with van der Waals surface area (Å²) in [4.78, 5) is 26.4. The number of esters is 1. The molecule has 1 rings (SSSR count). The molecule has 11 nitrogen and oxygen atoms in total. The number of rotatable bonds is 46. The zero-order valence-corrected chi connectivity index (χ0v) is 43.9. The minimum absolute atomic E-state index is 0.0802. The third-order valence-electron chi connectivity index (χ3n) is 12.9. The lowest BCUT2D eigenvalue weighted by molar-refractivity contribution is -0.305. The number of carbonyl (C=O) groups is 2. The smallest absolute Gasteiger partial charge is 0.306 e. The quantitative estimate of drug-likeness (QED) is 0.0196. The molecule has 0 spiro atoms. The Labute approximate surface area is 420 Å². The fourth-order valence-electron chi connectivity index (χ4n) is 8.37. The molecule has 0 bridgehead atoms. The van der Waals surface area contributed by atoms with Crippen LogP contribution >= 0.6 is 0 Å². The van der Waals surface area contributed by atoms with Gasteiger partial charge in [0.1, 0.15) is 24.4 Å². The van der Waals surface area contributed by atoms with Crippen LogP contribution in [0.5, 0.6) is 0 Å². The number of aliphatic hydroxyl groups excluding tert-OH is 5. The Balaban J connectivity index is 2.76. The summed E-state index contributed by atoms with van der Waals surface area (Å²) in [6.45, 7) is 5.68. The van der Waals surface area contributed by atoms with E-state index < -0.39 is 67.4 Å². The number of carbonyl (C=O) groups excluding carboxylic acids is 2. The number of unbranched alkanes of at least 4 members (excludes halogenated alkanes) is 25. The van der Waals surface area contributed by atoms with E-state index in [1.807, 2.05) is 12.2 Å². The molecule has 1 heterocycles. The molecule has 0 aromatic rings. The molecule has 1 aliphatic heterocycles. The first kappa shape index (κ1) is 64.4. The number of nitrogens with one attached hydrogen (secondary N) is 1. The molecular formula is C58H103NO10. The molecule has 0 aromatic carbocycles. The van der Waals surface area contributed by atoms with Crippen molar-refractivity contribution < 1.29 is 49.3 Å². The number of hydrogen-bond acceptors (Lipinski definition) is 10. The Hall–Kier alpha value is -2.64. The summed E-state index contributed by atoms with van der Waals surface area (Å²) in [5.41, 5.74) is 0. The highest BCUT2D eigenvalue weighted by Gasteiger charge is 2.47. The predicted octanol–water partition coefficient (Wildman–Crippen LogP) is 12.3. The molecule has 400 valence electrons. The molecule has 1 saturated heterocycles. The lowest BCUT2D eigenvalue weighted by atomic mass is 9.99. The maximum Gasteiger partial charge on any atom is 0.306 e. The number of allylic oxidation sites excluding steroid dienone is 8. The van der Waals surface area contributed by atoms with Crippen molar-refractivity contribution in [3.8, 4) is 0 Å². The molecule has 1 fully saturated rings. The van der Waals surface area contributed by atoms with Gasteiger partial charge in [-0.3, -0.25) is 9.59 Å². The van der Waals surface area contributed by atoms with Gasteiger partial charge in [-0.1, -0.05) is 210 Å². The van der Waals surface area contributed by atoms with Gasteiger partial charge >= 0.3 is 5.97 Å². The Morgan fingerprint density at radius 1 is 0.565 bits per heavy atom. The van der Waals surface area contributed by atoms with Crippen LogP contribution in [-0.2, 0) is 23.8 Å². The lowest BCUT2D eigenvalue weighted by Crippen LogP contribution is -2.61. The van der Waals surface area contributed by atoms with Crippen molar-refractivity contribution in [1.82, 2.24) is 5.32 Å². The van der Waals surface area contributed by atoms with Gasteiger partial charge in [0.25, 0.3) is 0 Å². The van der Waals surface area contributed by atoms with Crippen LogP contribution in [0.2, 0.25) is 0 Å². The van der Waals surface area contributed by atoms with Crippen molar-refractivity contribution in [1.29, 1.82) is 0 Å². The van der Waals surface area contributed by atoms with Gasteiger partial charge < -0.3 is 45.1 Å². The highest BCUT2D eigenvalue weighted by atomic mass is 16.7. The molecule has 11 heteroatoms. The van der Waals surface area contributed by atoms with Gasteiger partial charge in [-0.25, -0.2) is 0 Å². The SMILES string of the molecule is CCCCC/C=C\C/C=C\CCCCCCCCCC(=O)OC1C(OCC(NC(=O)C(O)C/C=C/C/C=C\CCCCCCCC)C(O)/C=C/CCCCCCCCCCC)OC(CO)C(O)C1O. The van der Waals surface area contributed by atoms with E-state index in [4.69, 9.17) is 14.2 Å². The Kier molecular flexibility index (Phi) is 43.3. The first-order chi connectivity index (χ1) is 33.7. The van der Waals surface area contributed by atoms with Crippen molar-refractivity contribution in [3.05, 3.63) is 60.8 Å². The van der Waals surface area contributed by atoms with E-state index in [1.54, 1.807) is 12.2 Å². The van der Waals surface area contributed by atoms with Gasteiger partial charge in [-0.2, -0.15) is 0 Å². The minimum atomic E-state index is -1.63. The first-order valence-electron chi connectivity index (χ1n) is 28.1. The predicted molar refractivity (Wildman–Crippen MR) is 283 cm³/mol. The van der Waals surface area contributed by atoms with Gasteiger partial charge in [0, 0.05) is 12.8 Å². The van der Waals surface area contributed by atoms with Crippen LogP contribution in [0.1, 0.15) is 233 Å².